The Morgan fingerprint density at radius 2 is 1.89 bits per heavy atom. The molecule has 2 unspecified atom stereocenters. The van der Waals surface area contributed by atoms with Crippen molar-refractivity contribution in [3.05, 3.63) is 22.2 Å². The highest BCUT2D eigenvalue weighted by Crippen LogP contribution is 2.42. The maximum Gasteiger partial charge on any atom is 0.137 e. The molecule has 5 heteroatoms. The van der Waals surface area contributed by atoms with Crippen molar-refractivity contribution in [3.63, 3.8) is 0 Å². The molecule has 0 radical (unpaired) electrons. The number of rotatable bonds is 1. The van der Waals surface area contributed by atoms with Gasteiger partial charge in [-0.1, -0.05) is 11.6 Å². The van der Waals surface area contributed by atoms with Crippen molar-refractivity contribution < 1.29 is 0 Å². The molecule has 102 valence electrons. The third-order valence-corrected chi connectivity index (χ3v) is 6.29. The number of hydrogen-bond donors (Lipinski definition) is 0. The van der Waals surface area contributed by atoms with Crippen LogP contribution < -0.4 is 0 Å². The van der Waals surface area contributed by atoms with E-state index in [1.807, 2.05) is 11.8 Å². The first-order valence-corrected chi connectivity index (χ1v) is 8.60. The summed E-state index contributed by atoms with van der Waals surface area (Å²) in [6.45, 7) is 0. The van der Waals surface area contributed by atoms with Crippen LogP contribution in [0.15, 0.2) is 0 Å². The van der Waals surface area contributed by atoms with Crippen molar-refractivity contribution in [2.45, 2.75) is 55.2 Å². The fraction of sp³-hybridized carbons (Fsp3) is 0.714. The van der Waals surface area contributed by atoms with Crippen LogP contribution in [0.5, 0.6) is 0 Å². The standard InChI is InChI=1S/C14H18ClN3S/c1-18-9-2-3-10(18)5-8(4-9)14-16-12-7-19-6-11(12)13(15)17-14/h8-10H,2-7H2,1H3. The maximum atomic E-state index is 6.34. The van der Waals surface area contributed by atoms with Gasteiger partial charge in [-0.2, -0.15) is 11.8 Å². The van der Waals surface area contributed by atoms with Gasteiger partial charge in [0.05, 0.1) is 5.69 Å². The van der Waals surface area contributed by atoms with E-state index < -0.39 is 0 Å². The molecular weight excluding hydrogens is 278 g/mol. The van der Waals surface area contributed by atoms with Crippen LogP contribution in [-0.4, -0.2) is 34.0 Å². The molecule has 1 aromatic rings. The highest BCUT2D eigenvalue weighted by molar-refractivity contribution is 7.98. The Balaban J connectivity index is 1.65. The van der Waals surface area contributed by atoms with Gasteiger partial charge < -0.3 is 4.90 Å². The monoisotopic (exact) mass is 295 g/mol. The van der Waals surface area contributed by atoms with Crippen LogP contribution in [0.3, 0.4) is 0 Å². The Bertz CT molecular complexity index is 508. The van der Waals surface area contributed by atoms with E-state index >= 15 is 0 Å². The van der Waals surface area contributed by atoms with E-state index in [1.54, 1.807) is 0 Å². The minimum Gasteiger partial charge on any atom is -0.300 e. The number of halogens is 1. The molecule has 0 aromatic carbocycles. The van der Waals surface area contributed by atoms with Crippen molar-refractivity contribution in [1.29, 1.82) is 0 Å². The molecule has 0 aliphatic carbocycles. The van der Waals surface area contributed by atoms with Crippen molar-refractivity contribution >= 4 is 23.4 Å². The molecule has 3 nitrogen and oxygen atoms in total. The number of nitrogens with zero attached hydrogens (tertiary/aromatic N) is 3. The lowest BCUT2D eigenvalue weighted by atomic mass is 9.90. The van der Waals surface area contributed by atoms with Crippen LogP contribution in [0.4, 0.5) is 0 Å². The van der Waals surface area contributed by atoms with Gasteiger partial charge in [-0.25, -0.2) is 9.97 Å². The highest BCUT2D eigenvalue weighted by atomic mass is 35.5. The predicted molar refractivity (Wildman–Crippen MR) is 78.6 cm³/mol. The van der Waals surface area contributed by atoms with Gasteiger partial charge >= 0.3 is 0 Å². The molecule has 0 amide bonds. The van der Waals surface area contributed by atoms with E-state index in [0.717, 1.165) is 29.4 Å². The van der Waals surface area contributed by atoms with Crippen LogP contribution >= 0.6 is 23.4 Å². The molecule has 19 heavy (non-hydrogen) atoms. The van der Waals surface area contributed by atoms with E-state index in [4.69, 9.17) is 16.6 Å². The average Bonchev–Trinajstić information content (AvgIpc) is 2.92. The molecule has 3 aliphatic heterocycles. The molecule has 2 atom stereocenters. The van der Waals surface area contributed by atoms with E-state index in [2.05, 4.69) is 16.9 Å². The van der Waals surface area contributed by atoms with E-state index in [-0.39, 0.29) is 0 Å². The lowest BCUT2D eigenvalue weighted by Crippen LogP contribution is -2.39. The van der Waals surface area contributed by atoms with Crippen LogP contribution in [0.25, 0.3) is 0 Å². The van der Waals surface area contributed by atoms with E-state index in [1.165, 1.54) is 36.9 Å². The minimum absolute atomic E-state index is 0.516. The van der Waals surface area contributed by atoms with Crippen LogP contribution in [0, 0.1) is 0 Å². The van der Waals surface area contributed by atoms with E-state index in [0.29, 0.717) is 11.1 Å². The quantitative estimate of drug-likeness (QED) is 0.744. The summed E-state index contributed by atoms with van der Waals surface area (Å²) in [4.78, 5) is 12.0. The summed E-state index contributed by atoms with van der Waals surface area (Å²) < 4.78 is 0. The number of hydrogen-bond acceptors (Lipinski definition) is 4. The second-order valence-corrected chi connectivity index (χ2v) is 7.35. The summed E-state index contributed by atoms with van der Waals surface area (Å²) in [7, 11) is 2.27. The fourth-order valence-electron chi connectivity index (χ4n) is 3.83. The SMILES string of the molecule is CN1C2CCC1CC(c1nc(Cl)c3c(n1)CSC3)C2. The van der Waals surface area contributed by atoms with Crippen LogP contribution in [0.2, 0.25) is 5.15 Å². The summed E-state index contributed by atoms with van der Waals surface area (Å²) in [6.07, 6.45) is 5.09. The summed E-state index contributed by atoms with van der Waals surface area (Å²) in [5.41, 5.74) is 2.36. The molecule has 2 bridgehead atoms. The van der Waals surface area contributed by atoms with Gasteiger partial charge in [-0.05, 0) is 32.7 Å². The molecule has 4 heterocycles. The lowest BCUT2D eigenvalue weighted by molar-refractivity contribution is 0.159. The van der Waals surface area contributed by atoms with Gasteiger partial charge in [-0.3, -0.25) is 0 Å². The third-order valence-electron chi connectivity index (χ3n) is 5.01. The van der Waals surface area contributed by atoms with Gasteiger partial charge in [0.15, 0.2) is 0 Å². The second-order valence-electron chi connectivity index (χ2n) is 6.01. The summed E-state index contributed by atoms with van der Waals surface area (Å²) in [5, 5.41) is 0.705. The number of fused-ring (bicyclic) bond motifs is 3. The third kappa shape index (κ3) is 1.99. The van der Waals surface area contributed by atoms with Gasteiger partial charge in [-0.15, -0.1) is 0 Å². The first-order chi connectivity index (χ1) is 9.22. The van der Waals surface area contributed by atoms with Gasteiger partial charge in [0.25, 0.3) is 0 Å². The van der Waals surface area contributed by atoms with Gasteiger partial charge in [0.1, 0.15) is 11.0 Å². The zero-order valence-corrected chi connectivity index (χ0v) is 12.7. The van der Waals surface area contributed by atoms with Crippen molar-refractivity contribution in [2.24, 2.45) is 0 Å². The smallest absolute Gasteiger partial charge is 0.137 e. The molecule has 0 saturated carbocycles. The summed E-state index contributed by atoms with van der Waals surface area (Å²) >= 11 is 8.23. The molecule has 3 aliphatic rings. The fourth-order valence-corrected chi connectivity index (χ4v) is 5.22. The number of aromatic nitrogens is 2. The first-order valence-electron chi connectivity index (χ1n) is 7.07. The zero-order chi connectivity index (χ0) is 13.0. The van der Waals surface area contributed by atoms with Crippen molar-refractivity contribution in [1.82, 2.24) is 14.9 Å². The molecule has 2 saturated heterocycles. The Labute approximate surface area is 123 Å². The number of thioether (sulfide) groups is 1. The van der Waals surface area contributed by atoms with Crippen LogP contribution in [0.1, 0.15) is 48.7 Å². The topological polar surface area (TPSA) is 29.0 Å². The number of piperidine rings is 1. The van der Waals surface area contributed by atoms with Crippen molar-refractivity contribution in [2.75, 3.05) is 7.05 Å². The van der Waals surface area contributed by atoms with Crippen LogP contribution in [-0.2, 0) is 11.5 Å². The van der Waals surface area contributed by atoms with Crippen molar-refractivity contribution in [3.8, 4) is 0 Å². The summed E-state index contributed by atoms with van der Waals surface area (Å²) in [5.74, 6) is 3.51. The van der Waals surface area contributed by atoms with E-state index in [9.17, 15) is 0 Å². The average molecular weight is 296 g/mol. The lowest BCUT2D eigenvalue weighted by Gasteiger charge is -2.35. The molecular formula is C14H18ClN3S. The van der Waals surface area contributed by atoms with Gasteiger partial charge in [0.2, 0.25) is 0 Å². The Morgan fingerprint density at radius 3 is 2.63 bits per heavy atom. The maximum absolute atomic E-state index is 6.34. The Morgan fingerprint density at radius 1 is 1.16 bits per heavy atom. The highest BCUT2D eigenvalue weighted by Gasteiger charge is 2.40. The molecule has 0 N–H and O–H groups in total. The zero-order valence-electron chi connectivity index (χ0n) is 11.1. The molecule has 4 rings (SSSR count). The predicted octanol–water partition coefficient (Wildman–Crippen LogP) is 3.22. The minimum atomic E-state index is 0.516. The second kappa shape index (κ2) is 4.61. The summed E-state index contributed by atoms with van der Waals surface area (Å²) in [6, 6.07) is 1.46. The normalized spacial score (nSPS) is 33.7. The molecule has 2 fully saturated rings. The Kier molecular flexibility index (Phi) is 3.01. The van der Waals surface area contributed by atoms with Gasteiger partial charge in [0, 0.05) is 35.1 Å². The molecule has 0 spiro atoms. The first kappa shape index (κ1) is 12.4. The largest absolute Gasteiger partial charge is 0.300 e. The molecule has 1 aromatic heterocycles. The Hall–Kier alpha value is -0.320.